The Bertz CT molecular complexity index is 573. The zero-order chi connectivity index (χ0) is 18.8. The Balaban J connectivity index is 2.48. The van der Waals surface area contributed by atoms with E-state index in [-0.39, 0.29) is 13.2 Å². The zero-order valence-corrected chi connectivity index (χ0v) is 17.1. The van der Waals surface area contributed by atoms with E-state index in [0.29, 0.717) is 13.0 Å². The molecule has 25 heavy (non-hydrogen) atoms. The van der Waals surface area contributed by atoms with Crippen LogP contribution in [0.25, 0.3) is 0 Å². The number of unbranched alkanes of at least 4 members (excludes halogenated alkanes) is 1. The first-order valence-corrected chi connectivity index (χ1v) is 12.5. The Morgan fingerprint density at radius 2 is 1.68 bits per heavy atom. The minimum absolute atomic E-state index is 0.0448. The highest BCUT2D eigenvalue weighted by molar-refractivity contribution is 7.99. The molecule has 0 spiro atoms. The van der Waals surface area contributed by atoms with Gasteiger partial charge in [-0.2, -0.15) is 0 Å². The van der Waals surface area contributed by atoms with Crippen molar-refractivity contribution in [3.63, 3.8) is 0 Å². The van der Waals surface area contributed by atoms with Crippen LogP contribution in [0.4, 0.5) is 0 Å². The monoisotopic (exact) mass is 411 g/mol. The maximum Gasteiger partial charge on any atom is 0.359 e. The van der Waals surface area contributed by atoms with Gasteiger partial charge >= 0.3 is 15.2 Å². The summed E-state index contributed by atoms with van der Waals surface area (Å²) in [4.78, 5) is 20.2. The fraction of sp³-hybridized carbons (Fsp3) is 0.600. The summed E-state index contributed by atoms with van der Waals surface area (Å²) >= 11 is 1.72. The molecule has 1 atom stereocenters. The molecule has 0 radical (unpaired) electrons. The normalized spacial score (nSPS) is 13.8. The minimum atomic E-state index is -4.69. The summed E-state index contributed by atoms with van der Waals surface area (Å²) in [5.74, 6) is 0.890. The first-order valence-electron chi connectivity index (χ1n) is 8.18. The molecule has 10 heteroatoms. The molecule has 1 unspecified atom stereocenters. The van der Waals surface area contributed by atoms with Crippen molar-refractivity contribution in [1.29, 1.82) is 0 Å². The van der Waals surface area contributed by atoms with Gasteiger partial charge in [0, 0.05) is 4.90 Å². The number of thioether (sulfide) groups is 1. The number of hydrogen-bond acceptors (Lipinski definition) is 6. The number of hydrogen-bond donors (Lipinski definition) is 3. The van der Waals surface area contributed by atoms with Gasteiger partial charge in [-0.15, -0.1) is 11.8 Å². The molecule has 3 N–H and O–H groups in total. The predicted molar refractivity (Wildman–Crippen MR) is 101 cm³/mol. The maximum absolute atomic E-state index is 12.7. The topological polar surface area (TPSA) is 105 Å². The molecule has 0 fully saturated rings. The molecule has 0 amide bonds. The van der Waals surface area contributed by atoms with Crippen LogP contribution in [0.2, 0.25) is 0 Å². The van der Waals surface area contributed by atoms with Crippen molar-refractivity contribution < 1.29 is 28.0 Å². The molecule has 0 saturated carbocycles. The minimum Gasteiger partial charge on any atom is -0.323 e. The maximum atomic E-state index is 12.7. The van der Waals surface area contributed by atoms with Gasteiger partial charge < -0.3 is 18.8 Å². The largest absolute Gasteiger partial charge is 0.359 e. The molecule has 0 aliphatic rings. The molecule has 7 nitrogen and oxygen atoms in total. The van der Waals surface area contributed by atoms with Crippen LogP contribution in [0, 0.1) is 0 Å². The standard InChI is InChI=1S/C15H27NO6P2S/c1-3-21-24(20,22-4-2)15(23(17,18)19)16-12-8-9-13-25-14-10-6-5-7-11-14/h5-7,10-11,15-16H,3-4,8-9,12-13H2,1-2H3,(H2,17,18,19). The molecule has 0 heterocycles. The molecule has 1 rings (SSSR count). The van der Waals surface area contributed by atoms with Gasteiger partial charge in [0.15, 0.2) is 0 Å². The highest BCUT2D eigenvalue weighted by Crippen LogP contribution is 2.64. The second kappa shape index (κ2) is 11.5. The Morgan fingerprint density at radius 1 is 1.08 bits per heavy atom. The Kier molecular flexibility index (Phi) is 10.5. The molecular weight excluding hydrogens is 384 g/mol. The zero-order valence-electron chi connectivity index (χ0n) is 14.5. The SMILES string of the molecule is CCOP(=O)(OCC)C(NCCCCSc1ccccc1)P(=O)(O)O. The lowest BCUT2D eigenvalue weighted by Gasteiger charge is -2.27. The smallest absolute Gasteiger partial charge is 0.323 e. The van der Waals surface area contributed by atoms with Gasteiger partial charge in [-0.25, -0.2) is 0 Å². The van der Waals surface area contributed by atoms with E-state index < -0.39 is 20.7 Å². The van der Waals surface area contributed by atoms with Gasteiger partial charge in [-0.1, -0.05) is 18.2 Å². The van der Waals surface area contributed by atoms with Crippen LogP contribution in [0.1, 0.15) is 26.7 Å². The van der Waals surface area contributed by atoms with E-state index in [1.54, 1.807) is 25.6 Å². The number of rotatable bonds is 13. The molecule has 1 aromatic rings. The van der Waals surface area contributed by atoms with E-state index in [2.05, 4.69) is 5.32 Å². The summed E-state index contributed by atoms with van der Waals surface area (Å²) in [5.41, 5.74) is -1.64. The molecule has 0 bridgehead atoms. The third-order valence-electron chi connectivity index (χ3n) is 3.15. The van der Waals surface area contributed by atoms with Gasteiger partial charge in [0.1, 0.15) is 0 Å². The third kappa shape index (κ3) is 8.37. The average Bonchev–Trinajstić information content (AvgIpc) is 2.54. The summed E-state index contributed by atoms with van der Waals surface area (Å²) in [6.45, 7) is 3.61. The molecule has 0 aliphatic carbocycles. The van der Waals surface area contributed by atoms with Gasteiger partial charge in [0.25, 0.3) is 0 Å². The quantitative estimate of drug-likeness (QED) is 0.255. The lowest BCUT2D eigenvalue weighted by molar-refractivity contribution is 0.210. The van der Waals surface area contributed by atoms with E-state index in [4.69, 9.17) is 9.05 Å². The molecule has 0 saturated heterocycles. The van der Waals surface area contributed by atoms with Crippen molar-refractivity contribution in [1.82, 2.24) is 5.32 Å². The molecule has 0 aromatic heterocycles. The van der Waals surface area contributed by atoms with E-state index in [1.807, 2.05) is 30.3 Å². The first-order chi connectivity index (χ1) is 11.8. The van der Waals surface area contributed by atoms with E-state index in [9.17, 15) is 18.9 Å². The third-order valence-corrected chi connectivity index (χ3v) is 8.83. The lowest BCUT2D eigenvalue weighted by atomic mass is 10.3. The second-order valence-corrected chi connectivity index (χ2v) is 10.5. The molecule has 144 valence electrons. The van der Waals surface area contributed by atoms with Crippen molar-refractivity contribution in [2.75, 3.05) is 25.5 Å². The van der Waals surface area contributed by atoms with Crippen LogP contribution >= 0.6 is 27.0 Å². The molecular formula is C15H27NO6P2S. The van der Waals surface area contributed by atoms with Crippen molar-refractivity contribution in [3.8, 4) is 0 Å². The van der Waals surface area contributed by atoms with E-state index in [0.717, 1.165) is 12.2 Å². The van der Waals surface area contributed by atoms with Crippen LogP contribution in [0.3, 0.4) is 0 Å². The van der Waals surface area contributed by atoms with Crippen LogP contribution in [-0.4, -0.2) is 40.8 Å². The van der Waals surface area contributed by atoms with Crippen molar-refractivity contribution in [2.45, 2.75) is 37.1 Å². The summed E-state index contributed by atoms with van der Waals surface area (Å²) in [5, 5.41) is 2.68. The first kappa shape index (κ1) is 22.9. The van der Waals surface area contributed by atoms with Crippen molar-refractivity contribution in [2.24, 2.45) is 0 Å². The van der Waals surface area contributed by atoms with Crippen LogP contribution in [0.15, 0.2) is 35.2 Å². The van der Waals surface area contributed by atoms with Gasteiger partial charge in [-0.05, 0) is 51.1 Å². The Labute approximate surface area is 153 Å². The van der Waals surface area contributed by atoms with Crippen molar-refractivity contribution >= 4 is 27.0 Å². The summed E-state index contributed by atoms with van der Waals surface area (Å²) in [7, 11) is -8.62. The highest BCUT2D eigenvalue weighted by Gasteiger charge is 2.47. The Hall–Kier alpha value is -0.170. The number of benzene rings is 1. The van der Waals surface area contributed by atoms with Crippen molar-refractivity contribution in [3.05, 3.63) is 30.3 Å². The number of nitrogens with one attached hydrogen (secondary N) is 1. The van der Waals surface area contributed by atoms with Gasteiger partial charge in [0.2, 0.25) is 5.52 Å². The molecule has 0 aliphatic heterocycles. The van der Waals surface area contributed by atoms with Gasteiger partial charge in [-0.3, -0.25) is 14.4 Å². The van der Waals surface area contributed by atoms with Gasteiger partial charge in [0.05, 0.1) is 13.2 Å². The summed E-state index contributed by atoms with van der Waals surface area (Å²) in [6, 6.07) is 9.99. The molecule has 1 aromatic carbocycles. The summed E-state index contributed by atoms with van der Waals surface area (Å²) < 4.78 is 34.5. The predicted octanol–water partition coefficient (Wildman–Crippen LogP) is 3.88. The Morgan fingerprint density at radius 3 is 2.20 bits per heavy atom. The van der Waals surface area contributed by atoms with Crippen LogP contribution in [0.5, 0.6) is 0 Å². The van der Waals surface area contributed by atoms with E-state index in [1.165, 1.54) is 4.90 Å². The average molecular weight is 411 g/mol. The highest BCUT2D eigenvalue weighted by atomic mass is 32.2. The van der Waals surface area contributed by atoms with Crippen LogP contribution < -0.4 is 5.32 Å². The fourth-order valence-electron chi connectivity index (χ4n) is 2.12. The van der Waals surface area contributed by atoms with Crippen LogP contribution in [-0.2, 0) is 18.2 Å². The second-order valence-electron chi connectivity index (χ2n) is 5.16. The van der Waals surface area contributed by atoms with E-state index >= 15 is 0 Å². The summed E-state index contributed by atoms with van der Waals surface area (Å²) in [6.07, 6.45) is 1.54. The lowest BCUT2D eigenvalue weighted by Crippen LogP contribution is -2.31. The fourth-order valence-corrected chi connectivity index (χ4v) is 6.72.